The molecule has 2 aromatic rings. The van der Waals surface area contributed by atoms with E-state index < -0.39 is 10.0 Å². The van der Waals surface area contributed by atoms with Gasteiger partial charge in [-0.15, -0.1) is 0 Å². The second kappa shape index (κ2) is 9.48. The van der Waals surface area contributed by atoms with Gasteiger partial charge in [0.2, 0.25) is 10.0 Å². The lowest BCUT2D eigenvalue weighted by atomic mass is 10.1. The SMILES string of the molecule is Cc1ccc(NC(=O)c2cccc(CN3CCCC3)c2)cc1S(=O)(=O)N1CCOCC1. The summed E-state index contributed by atoms with van der Waals surface area (Å²) in [5.41, 5.74) is 2.79. The molecule has 2 fully saturated rings. The van der Waals surface area contributed by atoms with Gasteiger partial charge in [-0.25, -0.2) is 8.42 Å². The minimum atomic E-state index is -3.64. The second-order valence-corrected chi connectivity index (χ2v) is 10.0. The van der Waals surface area contributed by atoms with Gasteiger partial charge in [-0.3, -0.25) is 9.69 Å². The average molecular weight is 444 g/mol. The van der Waals surface area contributed by atoms with E-state index in [9.17, 15) is 13.2 Å². The molecule has 2 aliphatic heterocycles. The first-order valence-electron chi connectivity index (χ1n) is 10.7. The van der Waals surface area contributed by atoms with Crippen LogP contribution in [0, 0.1) is 6.92 Å². The average Bonchev–Trinajstić information content (AvgIpc) is 3.29. The first kappa shape index (κ1) is 22.0. The fourth-order valence-electron chi connectivity index (χ4n) is 4.09. The molecule has 0 atom stereocenters. The van der Waals surface area contributed by atoms with E-state index in [-0.39, 0.29) is 10.8 Å². The highest BCUT2D eigenvalue weighted by molar-refractivity contribution is 7.89. The van der Waals surface area contributed by atoms with Crippen molar-refractivity contribution in [3.8, 4) is 0 Å². The Morgan fingerprint density at radius 1 is 1.03 bits per heavy atom. The standard InChI is InChI=1S/C23H29N3O4S/c1-18-7-8-21(16-22(18)31(28,29)26-11-13-30-14-12-26)24-23(27)20-6-4-5-19(15-20)17-25-9-2-3-10-25/h4-8,15-16H,2-3,9-14,17H2,1H3,(H,24,27). The summed E-state index contributed by atoms with van der Waals surface area (Å²) in [5, 5.41) is 2.86. The summed E-state index contributed by atoms with van der Waals surface area (Å²) in [6.45, 7) is 6.25. The number of benzene rings is 2. The smallest absolute Gasteiger partial charge is 0.255 e. The van der Waals surface area contributed by atoms with E-state index in [0.29, 0.717) is 43.1 Å². The Balaban J connectivity index is 1.50. The number of sulfonamides is 1. The first-order chi connectivity index (χ1) is 14.9. The molecule has 0 bridgehead atoms. The van der Waals surface area contributed by atoms with Gasteiger partial charge in [0.1, 0.15) is 0 Å². The zero-order chi connectivity index (χ0) is 21.8. The number of carbonyl (C=O) groups is 1. The first-order valence-corrected chi connectivity index (χ1v) is 12.2. The Labute approximate surface area is 184 Å². The highest BCUT2D eigenvalue weighted by Crippen LogP contribution is 2.25. The van der Waals surface area contributed by atoms with Crippen LogP contribution >= 0.6 is 0 Å². The van der Waals surface area contributed by atoms with E-state index in [1.807, 2.05) is 18.2 Å². The second-order valence-electron chi connectivity index (χ2n) is 8.13. The van der Waals surface area contributed by atoms with Crippen molar-refractivity contribution in [3.63, 3.8) is 0 Å². The Hall–Kier alpha value is -2.26. The van der Waals surface area contributed by atoms with Gasteiger partial charge in [-0.1, -0.05) is 18.2 Å². The van der Waals surface area contributed by atoms with Crippen LogP contribution in [0.1, 0.15) is 34.3 Å². The van der Waals surface area contributed by atoms with Crippen molar-refractivity contribution in [2.24, 2.45) is 0 Å². The van der Waals surface area contributed by atoms with Crippen molar-refractivity contribution < 1.29 is 17.9 Å². The molecule has 0 radical (unpaired) electrons. The largest absolute Gasteiger partial charge is 0.379 e. The van der Waals surface area contributed by atoms with Gasteiger partial charge in [0.15, 0.2) is 0 Å². The Morgan fingerprint density at radius 3 is 2.52 bits per heavy atom. The number of rotatable bonds is 6. The molecule has 2 heterocycles. The minimum Gasteiger partial charge on any atom is -0.379 e. The van der Waals surface area contributed by atoms with Gasteiger partial charge in [0.25, 0.3) is 5.91 Å². The number of ether oxygens (including phenoxy) is 1. The molecule has 1 N–H and O–H groups in total. The molecule has 4 rings (SSSR count). The lowest BCUT2D eigenvalue weighted by Gasteiger charge is -2.26. The predicted octanol–water partition coefficient (Wildman–Crippen LogP) is 2.86. The molecule has 0 saturated carbocycles. The number of nitrogens with zero attached hydrogens (tertiary/aromatic N) is 2. The maximum Gasteiger partial charge on any atom is 0.255 e. The van der Waals surface area contributed by atoms with Crippen molar-refractivity contribution in [2.75, 3.05) is 44.7 Å². The summed E-state index contributed by atoms with van der Waals surface area (Å²) in [5.74, 6) is -0.248. The van der Waals surface area contributed by atoms with Crippen molar-refractivity contribution in [1.29, 1.82) is 0 Å². The lowest BCUT2D eigenvalue weighted by Crippen LogP contribution is -2.40. The van der Waals surface area contributed by atoms with Crippen LogP contribution in [0.15, 0.2) is 47.4 Å². The number of aryl methyl sites for hydroxylation is 1. The van der Waals surface area contributed by atoms with Crippen LogP contribution in [0.5, 0.6) is 0 Å². The fraction of sp³-hybridized carbons (Fsp3) is 0.435. The molecule has 7 nitrogen and oxygen atoms in total. The van der Waals surface area contributed by atoms with Crippen LogP contribution < -0.4 is 5.32 Å². The molecule has 1 amide bonds. The van der Waals surface area contributed by atoms with Gasteiger partial charge >= 0.3 is 0 Å². The number of likely N-dealkylation sites (tertiary alicyclic amines) is 1. The molecule has 8 heteroatoms. The Morgan fingerprint density at radius 2 is 1.77 bits per heavy atom. The number of hydrogen-bond donors (Lipinski definition) is 1. The summed E-state index contributed by atoms with van der Waals surface area (Å²) in [6, 6.07) is 12.6. The number of nitrogens with one attached hydrogen (secondary N) is 1. The van der Waals surface area contributed by atoms with Crippen LogP contribution in [0.25, 0.3) is 0 Å². The summed E-state index contributed by atoms with van der Waals surface area (Å²) in [6.07, 6.45) is 2.45. The number of morpholine rings is 1. The molecule has 2 aliphatic rings. The van der Waals surface area contributed by atoms with Gasteiger partial charge < -0.3 is 10.1 Å². The Kier molecular flexibility index (Phi) is 6.71. The van der Waals surface area contributed by atoms with Crippen LogP contribution in [-0.4, -0.2) is 62.9 Å². The predicted molar refractivity (Wildman–Crippen MR) is 120 cm³/mol. The van der Waals surface area contributed by atoms with E-state index in [1.165, 1.54) is 17.1 Å². The molecule has 0 aliphatic carbocycles. The molecular formula is C23H29N3O4S. The van der Waals surface area contributed by atoms with Crippen molar-refractivity contribution in [2.45, 2.75) is 31.2 Å². The highest BCUT2D eigenvalue weighted by Gasteiger charge is 2.28. The highest BCUT2D eigenvalue weighted by atomic mass is 32.2. The summed E-state index contributed by atoms with van der Waals surface area (Å²) in [4.78, 5) is 15.5. The molecule has 0 unspecified atom stereocenters. The van der Waals surface area contributed by atoms with Gasteiger partial charge in [-0.05, 0) is 68.2 Å². The van der Waals surface area contributed by atoms with Crippen LogP contribution in [-0.2, 0) is 21.3 Å². The summed E-state index contributed by atoms with van der Waals surface area (Å²) >= 11 is 0. The van der Waals surface area contributed by atoms with Crippen LogP contribution in [0.4, 0.5) is 5.69 Å². The molecule has 2 aromatic carbocycles. The van der Waals surface area contributed by atoms with Gasteiger partial charge in [0, 0.05) is 30.9 Å². The normalized spacial score (nSPS) is 18.2. The van der Waals surface area contributed by atoms with E-state index in [2.05, 4.69) is 10.2 Å². The third kappa shape index (κ3) is 5.15. The van der Waals surface area contributed by atoms with Crippen molar-refractivity contribution >= 4 is 21.6 Å². The molecular weight excluding hydrogens is 414 g/mol. The third-order valence-electron chi connectivity index (χ3n) is 5.83. The quantitative estimate of drug-likeness (QED) is 0.743. The zero-order valence-electron chi connectivity index (χ0n) is 17.8. The maximum atomic E-state index is 13.1. The summed E-state index contributed by atoms with van der Waals surface area (Å²) in [7, 11) is -3.64. The van der Waals surface area contributed by atoms with E-state index >= 15 is 0 Å². The molecule has 0 aromatic heterocycles. The number of anilines is 1. The molecule has 166 valence electrons. The zero-order valence-corrected chi connectivity index (χ0v) is 18.7. The number of hydrogen-bond acceptors (Lipinski definition) is 5. The fourth-order valence-corrected chi connectivity index (χ4v) is 5.75. The van der Waals surface area contributed by atoms with Crippen molar-refractivity contribution in [1.82, 2.24) is 9.21 Å². The maximum absolute atomic E-state index is 13.1. The summed E-state index contributed by atoms with van der Waals surface area (Å²) < 4.78 is 32.9. The topological polar surface area (TPSA) is 79.0 Å². The van der Waals surface area contributed by atoms with Crippen molar-refractivity contribution in [3.05, 3.63) is 59.2 Å². The third-order valence-corrected chi connectivity index (χ3v) is 7.87. The van der Waals surface area contributed by atoms with E-state index in [0.717, 1.165) is 25.2 Å². The van der Waals surface area contributed by atoms with E-state index in [4.69, 9.17) is 4.74 Å². The monoisotopic (exact) mass is 443 g/mol. The van der Waals surface area contributed by atoms with Crippen LogP contribution in [0.3, 0.4) is 0 Å². The van der Waals surface area contributed by atoms with Gasteiger partial charge in [-0.2, -0.15) is 4.31 Å². The molecule has 31 heavy (non-hydrogen) atoms. The lowest BCUT2D eigenvalue weighted by molar-refractivity contribution is 0.0730. The van der Waals surface area contributed by atoms with Gasteiger partial charge in [0.05, 0.1) is 18.1 Å². The number of carbonyl (C=O) groups excluding carboxylic acids is 1. The number of amides is 1. The van der Waals surface area contributed by atoms with E-state index in [1.54, 1.807) is 31.2 Å². The minimum absolute atomic E-state index is 0.218. The Bertz CT molecular complexity index is 1040. The molecule has 2 saturated heterocycles. The molecule has 0 spiro atoms. The van der Waals surface area contributed by atoms with Crippen LogP contribution in [0.2, 0.25) is 0 Å².